The van der Waals surface area contributed by atoms with Crippen LogP contribution in [-0.2, 0) is 57.8 Å². The van der Waals surface area contributed by atoms with E-state index in [1.807, 2.05) is 4.90 Å². The summed E-state index contributed by atoms with van der Waals surface area (Å²) in [6, 6.07) is -0.612. The highest BCUT2D eigenvalue weighted by molar-refractivity contribution is 8.00. The summed E-state index contributed by atoms with van der Waals surface area (Å²) >= 11 is 1.70. The number of likely N-dealkylation sites (tertiary alicyclic amines) is 1. The van der Waals surface area contributed by atoms with Crippen LogP contribution in [0.15, 0.2) is 0 Å². The van der Waals surface area contributed by atoms with E-state index in [9.17, 15) is 42.0 Å². The first-order valence-corrected chi connectivity index (χ1v) is 28.2. The fraction of sp³-hybridized carbons (Fsp3) is 0.848. The molecule has 8 rings (SSSR count). The molecule has 386 valence electrons. The van der Waals surface area contributed by atoms with E-state index in [4.69, 9.17) is 14.2 Å². The second-order valence-corrected chi connectivity index (χ2v) is 23.4. The molecule has 23 heteroatoms. The van der Waals surface area contributed by atoms with Gasteiger partial charge in [0.25, 0.3) is 0 Å². The van der Waals surface area contributed by atoms with Crippen molar-refractivity contribution in [3.63, 3.8) is 0 Å². The molecule has 8 fully saturated rings. The standard InChI is InChI=1S/C46H73N9O12S2/c1-69(63,64)54-13-10-32(27-54)42(59)48-26-40(57)51-46-49-36(28-68-46)31-4-2-3-29(23-31)30-9-12-47-38(24-30)52-14-16-53(17-15-52)41(58)11-18-65-19-20-66-21-22-67-33-5-6-34-35(25-33)45(62)55(44(34)61)37-7-8-39(56)50-43(37)60/h29-38,46-47,49H,2-28H2,1H3,(H,48,59)(H,51,57)(H,50,56,60). The van der Waals surface area contributed by atoms with Crippen LogP contribution >= 0.6 is 11.8 Å². The van der Waals surface area contributed by atoms with Gasteiger partial charge >= 0.3 is 0 Å². The summed E-state index contributed by atoms with van der Waals surface area (Å²) in [6.07, 6.45) is 10.9. The molecule has 8 aliphatic rings. The summed E-state index contributed by atoms with van der Waals surface area (Å²) in [5.41, 5.74) is -0.210. The van der Waals surface area contributed by atoms with Gasteiger partial charge in [-0.2, -0.15) is 0 Å². The second kappa shape index (κ2) is 24.0. The second-order valence-electron chi connectivity index (χ2n) is 20.2. The Morgan fingerprint density at radius 2 is 1.54 bits per heavy atom. The lowest BCUT2D eigenvalue weighted by Gasteiger charge is -2.45. The smallest absolute Gasteiger partial charge is 0.249 e. The molecule has 0 aromatic carbocycles. The molecule has 6 aliphatic heterocycles. The fourth-order valence-corrected chi connectivity index (χ4v) is 14.2. The molecular weight excluding hydrogens is 935 g/mol. The average Bonchev–Trinajstić information content (AvgIpc) is 4.10. The lowest BCUT2D eigenvalue weighted by molar-refractivity contribution is -0.151. The molecule has 6 saturated heterocycles. The number of hydrogen-bond acceptors (Lipinski definition) is 16. The largest absolute Gasteiger partial charge is 0.379 e. The van der Waals surface area contributed by atoms with Crippen molar-refractivity contribution in [3.05, 3.63) is 0 Å². The minimum absolute atomic E-state index is 0.0976. The van der Waals surface area contributed by atoms with Gasteiger partial charge in [0.05, 0.1) is 82.3 Å². The number of piperazine rings is 1. The SMILES string of the molecule is CS(=O)(=O)N1CCC(C(=O)NCC(=O)NC2NC(C3CCCC(C4CCNC(N5CCN(C(=O)CCOCCOCCOC6CCC7C(=O)N(C8CCC(=O)NC8=O)C(=O)C7C6)CC5)C4)C3)CS2)C1. The Hall–Kier alpha value is -3.29. The third-order valence-electron chi connectivity index (χ3n) is 15.9. The number of piperidine rings is 2. The molecule has 11 atom stereocenters. The Morgan fingerprint density at radius 3 is 2.30 bits per heavy atom. The number of sulfonamides is 1. The summed E-state index contributed by atoms with van der Waals surface area (Å²) in [7, 11) is -3.34. The fourth-order valence-electron chi connectivity index (χ4n) is 12.0. The van der Waals surface area contributed by atoms with Crippen LogP contribution < -0.4 is 26.6 Å². The molecule has 2 saturated carbocycles. The molecule has 7 amide bonds. The minimum atomic E-state index is -3.34. The van der Waals surface area contributed by atoms with E-state index in [2.05, 4.69) is 31.5 Å². The number of carbonyl (C=O) groups is 7. The number of hydrogen-bond donors (Lipinski definition) is 5. The maximum atomic E-state index is 13.2. The third-order valence-corrected chi connectivity index (χ3v) is 18.3. The van der Waals surface area contributed by atoms with E-state index in [1.165, 1.54) is 36.4 Å². The van der Waals surface area contributed by atoms with E-state index in [1.54, 1.807) is 11.8 Å². The highest BCUT2D eigenvalue weighted by Gasteiger charge is 2.54. The van der Waals surface area contributed by atoms with Crippen molar-refractivity contribution in [1.29, 1.82) is 0 Å². The van der Waals surface area contributed by atoms with Crippen molar-refractivity contribution in [1.82, 2.24) is 45.6 Å². The first-order valence-electron chi connectivity index (χ1n) is 25.3. The molecule has 0 radical (unpaired) electrons. The van der Waals surface area contributed by atoms with Crippen LogP contribution in [0.1, 0.15) is 83.5 Å². The number of carbonyl (C=O) groups excluding carboxylic acids is 7. The number of rotatable bonds is 19. The first kappa shape index (κ1) is 52.0. The van der Waals surface area contributed by atoms with Crippen LogP contribution in [-0.4, -0.2) is 196 Å². The normalized spacial score (nSPS) is 33.9. The Labute approximate surface area is 409 Å². The predicted molar refractivity (Wildman–Crippen MR) is 252 cm³/mol. The number of fused-ring (bicyclic) bond motifs is 1. The zero-order valence-electron chi connectivity index (χ0n) is 39.9. The van der Waals surface area contributed by atoms with Crippen LogP contribution in [0.4, 0.5) is 0 Å². The molecule has 5 N–H and O–H groups in total. The van der Waals surface area contributed by atoms with Crippen LogP contribution in [0, 0.1) is 35.5 Å². The molecule has 0 aromatic heterocycles. The van der Waals surface area contributed by atoms with E-state index in [-0.39, 0.29) is 67.1 Å². The molecule has 0 bridgehead atoms. The summed E-state index contributed by atoms with van der Waals surface area (Å²) in [5.74, 6) is -0.767. The number of amides is 7. The van der Waals surface area contributed by atoms with Crippen molar-refractivity contribution in [2.75, 3.05) is 97.4 Å². The van der Waals surface area contributed by atoms with Crippen molar-refractivity contribution in [3.8, 4) is 0 Å². The first-order chi connectivity index (χ1) is 33.2. The summed E-state index contributed by atoms with van der Waals surface area (Å²) in [5, 5.41) is 15.4. The quantitative estimate of drug-likeness (QED) is 0.0782. The number of ether oxygens (including phenoxy) is 3. The number of imide groups is 2. The lowest BCUT2D eigenvalue weighted by Crippen LogP contribution is -2.58. The molecule has 69 heavy (non-hydrogen) atoms. The molecular formula is C46H73N9O12S2. The van der Waals surface area contributed by atoms with Gasteiger partial charge in [-0.1, -0.05) is 12.8 Å². The Morgan fingerprint density at radius 1 is 0.797 bits per heavy atom. The van der Waals surface area contributed by atoms with E-state index < -0.39 is 45.6 Å². The Kier molecular flexibility index (Phi) is 18.1. The van der Waals surface area contributed by atoms with E-state index >= 15 is 0 Å². The summed E-state index contributed by atoms with van der Waals surface area (Å²) in [6.45, 7) is 6.08. The zero-order valence-corrected chi connectivity index (χ0v) is 41.6. The van der Waals surface area contributed by atoms with E-state index in [0.717, 1.165) is 43.0 Å². The van der Waals surface area contributed by atoms with Crippen LogP contribution in [0.25, 0.3) is 0 Å². The molecule has 11 unspecified atom stereocenters. The van der Waals surface area contributed by atoms with Crippen molar-refractivity contribution in [2.45, 2.75) is 113 Å². The van der Waals surface area contributed by atoms with Gasteiger partial charge in [0, 0.05) is 57.5 Å². The number of nitrogens with one attached hydrogen (secondary N) is 5. The predicted octanol–water partition coefficient (Wildman–Crippen LogP) is -0.836. The maximum absolute atomic E-state index is 13.2. The Balaban J connectivity index is 0.648. The van der Waals surface area contributed by atoms with E-state index in [0.29, 0.717) is 115 Å². The van der Waals surface area contributed by atoms with Gasteiger partial charge in [0.2, 0.25) is 51.4 Å². The summed E-state index contributed by atoms with van der Waals surface area (Å²) in [4.78, 5) is 94.1. The average molecular weight is 1010 g/mol. The maximum Gasteiger partial charge on any atom is 0.249 e. The zero-order chi connectivity index (χ0) is 48.7. The lowest BCUT2D eigenvalue weighted by atomic mass is 9.70. The van der Waals surface area contributed by atoms with Gasteiger partial charge in [-0.15, -0.1) is 11.8 Å². The van der Waals surface area contributed by atoms with Gasteiger partial charge in [0.15, 0.2) is 0 Å². The topological polar surface area (TPSA) is 254 Å². The minimum Gasteiger partial charge on any atom is -0.379 e. The Bertz CT molecular complexity index is 1990. The molecule has 6 heterocycles. The highest BCUT2D eigenvalue weighted by Crippen LogP contribution is 2.42. The van der Waals surface area contributed by atoms with Crippen molar-refractivity contribution >= 4 is 63.1 Å². The monoisotopic (exact) mass is 1010 g/mol. The van der Waals surface area contributed by atoms with Gasteiger partial charge in [-0.05, 0) is 82.1 Å². The summed E-state index contributed by atoms with van der Waals surface area (Å²) < 4.78 is 42.3. The molecule has 21 nitrogen and oxygen atoms in total. The molecule has 2 aliphatic carbocycles. The van der Waals surface area contributed by atoms with Gasteiger partial charge in [-0.25, -0.2) is 12.7 Å². The van der Waals surface area contributed by atoms with Gasteiger partial charge in [-0.3, -0.25) is 54.0 Å². The number of thioether (sulfide) groups is 1. The number of nitrogens with zero attached hydrogens (tertiary/aromatic N) is 4. The van der Waals surface area contributed by atoms with Gasteiger partial charge in [0.1, 0.15) is 11.5 Å². The van der Waals surface area contributed by atoms with Crippen molar-refractivity contribution < 1.29 is 56.2 Å². The van der Waals surface area contributed by atoms with Gasteiger partial charge < -0.3 is 35.1 Å². The third kappa shape index (κ3) is 13.4. The van der Waals surface area contributed by atoms with Crippen LogP contribution in [0.5, 0.6) is 0 Å². The van der Waals surface area contributed by atoms with Crippen LogP contribution in [0.3, 0.4) is 0 Å². The molecule has 0 spiro atoms. The molecule has 0 aromatic rings. The highest BCUT2D eigenvalue weighted by atomic mass is 32.2. The van der Waals surface area contributed by atoms with Crippen LogP contribution in [0.2, 0.25) is 0 Å². The van der Waals surface area contributed by atoms with Crippen molar-refractivity contribution in [2.24, 2.45) is 35.5 Å².